The molecule has 0 aliphatic carbocycles. The van der Waals surface area contributed by atoms with E-state index in [2.05, 4.69) is 5.32 Å². The number of amides is 1. The molecule has 2 rings (SSSR count). The highest BCUT2D eigenvalue weighted by Gasteiger charge is 2.20. The lowest BCUT2D eigenvalue weighted by atomic mass is 10.0. The molecule has 0 saturated carbocycles. The number of rotatable bonds is 4. The molecule has 0 radical (unpaired) electrons. The molecule has 110 valence electrons. The van der Waals surface area contributed by atoms with E-state index in [0.717, 1.165) is 19.5 Å². The number of hydrogen-bond acceptors (Lipinski definition) is 2. The molecule has 1 fully saturated rings. The minimum Gasteiger partial charge on any atom is -0.337 e. The Morgan fingerprint density at radius 2 is 2.15 bits per heavy atom. The van der Waals surface area contributed by atoms with Crippen molar-refractivity contribution in [1.29, 1.82) is 0 Å². The van der Waals surface area contributed by atoms with E-state index in [1.54, 1.807) is 18.2 Å². The molecule has 0 spiro atoms. The Hall–Kier alpha value is -0.770. The van der Waals surface area contributed by atoms with Gasteiger partial charge in [-0.05, 0) is 44.5 Å². The smallest absolute Gasteiger partial charge is 0.253 e. The molecule has 3 nitrogen and oxygen atoms in total. The van der Waals surface area contributed by atoms with E-state index in [-0.39, 0.29) is 5.91 Å². The van der Waals surface area contributed by atoms with Crippen LogP contribution in [0.1, 0.15) is 36.5 Å². The van der Waals surface area contributed by atoms with Crippen LogP contribution in [0.25, 0.3) is 0 Å². The molecule has 1 saturated heterocycles. The predicted octanol–water partition coefficient (Wildman–Crippen LogP) is 3.60. The van der Waals surface area contributed by atoms with E-state index < -0.39 is 0 Å². The molecular formula is C15H20Cl2N2O. The van der Waals surface area contributed by atoms with Gasteiger partial charge in [-0.2, -0.15) is 0 Å². The van der Waals surface area contributed by atoms with Crippen LogP contribution in [0, 0.1) is 0 Å². The number of halogens is 2. The fourth-order valence-electron chi connectivity index (χ4n) is 2.51. The first kappa shape index (κ1) is 15.6. The van der Waals surface area contributed by atoms with E-state index in [1.807, 2.05) is 11.8 Å². The van der Waals surface area contributed by atoms with Crippen LogP contribution in [0.15, 0.2) is 18.2 Å². The lowest BCUT2D eigenvalue weighted by Crippen LogP contribution is -2.45. The molecule has 1 heterocycles. The van der Waals surface area contributed by atoms with Crippen molar-refractivity contribution in [2.45, 2.75) is 32.2 Å². The molecule has 20 heavy (non-hydrogen) atoms. The Labute approximate surface area is 130 Å². The number of hydrogen-bond donors (Lipinski definition) is 1. The molecule has 0 aromatic heterocycles. The third kappa shape index (κ3) is 3.87. The zero-order chi connectivity index (χ0) is 14.5. The molecule has 1 atom stereocenters. The third-order valence-electron chi connectivity index (χ3n) is 3.69. The van der Waals surface area contributed by atoms with Crippen LogP contribution in [0.5, 0.6) is 0 Å². The first-order valence-corrected chi connectivity index (χ1v) is 7.85. The van der Waals surface area contributed by atoms with Gasteiger partial charge in [0.25, 0.3) is 5.91 Å². The maximum absolute atomic E-state index is 12.5. The van der Waals surface area contributed by atoms with Gasteiger partial charge in [-0.3, -0.25) is 4.79 Å². The number of likely N-dealkylation sites (N-methyl/N-ethyl adjacent to an activating group) is 1. The second-order valence-corrected chi connectivity index (χ2v) is 5.93. The van der Waals surface area contributed by atoms with Crippen molar-refractivity contribution in [3.8, 4) is 0 Å². The van der Waals surface area contributed by atoms with Gasteiger partial charge in [-0.1, -0.05) is 29.6 Å². The second kappa shape index (κ2) is 7.30. The van der Waals surface area contributed by atoms with E-state index >= 15 is 0 Å². The Morgan fingerprint density at radius 3 is 2.75 bits per heavy atom. The molecule has 1 aliphatic heterocycles. The Balaban J connectivity index is 2.05. The zero-order valence-corrected chi connectivity index (χ0v) is 13.2. The van der Waals surface area contributed by atoms with E-state index in [1.165, 1.54) is 12.8 Å². The highest BCUT2D eigenvalue weighted by Crippen LogP contribution is 2.23. The minimum atomic E-state index is 0.0124. The molecule has 1 amide bonds. The van der Waals surface area contributed by atoms with Gasteiger partial charge in [0, 0.05) is 24.7 Å². The second-order valence-electron chi connectivity index (χ2n) is 5.12. The minimum absolute atomic E-state index is 0.0124. The summed E-state index contributed by atoms with van der Waals surface area (Å²) < 4.78 is 0. The molecule has 1 aromatic carbocycles. The monoisotopic (exact) mass is 314 g/mol. The standard InChI is InChI=1S/C15H20Cl2N2O/c1-2-19(10-12-5-3-4-8-18-12)15(20)11-6-7-13(16)14(17)9-11/h6-7,9,12,18H,2-5,8,10H2,1H3. The van der Waals surface area contributed by atoms with E-state index in [4.69, 9.17) is 23.2 Å². The molecule has 0 bridgehead atoms. The van der Waals surface area contributed by atoms with Gasteiger partial charge in [-0.25, -0.2) is 0 Å². The van der Waals surface area contributed by atoms with Gasteiger partial charge < -0.3 is 10.2 Å². The van der Waals surface area contributed by atoms with Crippen LogP contribution in [0.3, 0.4) is 0 Å². The SMILES string of the molecule is CCN(CC1CCCCN1)C(=O)c1ccc(Cl)c(Cl)c1. The summed E-state index contributed by atoms with van der Waals surface area (Å²) in [4.78, 5) is 14.4. The van der Waals surface area contributed by atoms with Crippen LogP contribution in [0.2, 0.25) is 10.0 Å². The van der Waals surface area contributed by atoms with Crippen molar-refractivity contribution in [2.24, 2.45) is 0 Å². The molecule has 1 aliphatic rings. The summed E-state index contributed by atoms with van der Waals surface area (Å²) >= 11 is 11.9. The van der Waals surface area contributed by atoms with Crippen molar-refractivity contribution in [3.63, 3.8) is 0 Å². The molecule has 1 aromatic rings. The van der Waals surface area contributed by atoms with Gasteiger partial charge in [0.15, 0.2) is 0 Å². The van der Waals surface area contributed by atoms with Crippen LogP contribution in [0.4, 0.5) is 0 Å². The first-order chi connectivity index (χ1) is 9.61. The largest absolute Gasteiger partial charge is 0.337 e. The fraction of sp³-hybridized carbons (Fsp3) is 0.533. The van der Waals surface area contributed by atoms with Gasteiger partial charge in [0.05, 0.1) is 10.0 Å². The van der Waals surface area contributed by atoms with E-state index in [0.29, 0.717) is 28.2 Å². The number of nitrogens with one attached hydrogen (secondary N) is 1. The normalized spacial score (nSPS) is 18.9. The highest BCUT2D eigenvalue weighted by atomic mass is 35.5. The summed E-state index contributed by atoms with van der Waals surface area (Å²) in [6, 6.07) is 5.44. The van der Waals surface area contributed by atoms with Crippen molar-refractivity contribution in [1.82, 2.24) is 10.2 Å². The van der Waals surface area contributed by atoms with Crippen molar-refractivity contribution >= 4 is 29.1 Å². The molecule has 1 N–H and O–H groups in total. The maximum Gasteiger partial charge on any atom is 0.253 e. The van der Waals surface area contributed by atoms with Gasteiger partial charge in [0.1, 0.15) is 0 Å². The fourth-order valence-corrected chi connectivity index (χ4v) is 2.81. The van der Waals surface area contributed by atoms with E-state index in [9.17, 15) is 4.79 Å². The molecule has 1 unspecified atom stereocenters. The van der Waals surface area contributed by atoms with Gasteiger partial charge >= 0.3 is 0 Å². The summed E-state index contributed by atoms with van der Waals surface area (Å²) in [6.45, 7) is 4.48. The molecular weight excluding hydrogens is 295 g/mol. The van der Waals surface area contributed by atoms with Crippen LogP contribution in [-0.4, -0.2) is 36.5 Å². The number of benzene rings is 1. The maximum atomic E-state index is 12.5. The predicted molar refractivity (Wildman–Crippen MR) is 83.7 cm³/mol. The van der Waals surface area contributed by atoms with Crippen molar-refractivity contribution in [3.05, 3.63) is 33.8 Å². The third-order valence-corrected chi connectivity index (χ3v) is 4.43. The van der Waals surface area contributed by atoms with Crippen LogP contribution in [-0.2, 0) is 0 Å². The summed E-state index contributed by atoms with van der Waals surface area (Å²) in [5, 5.41) is 4.36. The lowest BCUT2D eigenvalue weighted by Gasteiger charge is -2.30. The number of piperidine rings is 1. The number of carbonyl (C=O) groups is 1. The molecule has 5 heteroatoms. The summed E-state index contributed by atoms with van der Waals surface area (Å²) in [6.07, 6.45) is 3.59. The van der Waals surface area contributed by atoms with Crippen molar-refractivity contribution < 1.29 is 4.79 Å². The number of carbonyl (C=O) groups excluding carboxylic acids is 1. The zero-order valence-electron chi connectivity index (χ0n) is 11.7. The Morgan fingerprint density at radius 1 is 1.35 bits per heavy atom. The number of nitrogens with zero attached hydrogens (tertiary/aromatic N) is 1. The average Bonchev–Trinajstić information content (AvgIpc) is 2.48. The first-order valence-electron chi connectivity index (χ1n) is 7.09. The highest BCUT2D eigenvalue weighted by molar-refractivity contribution is 6.42. The lowest BCUT2D eigenvalue weighted by molar-refractivity contribution is 0.0741. The van der Waals surface area contributed by atoms with Crippen LogP contribution >= 0.6 is 23.2 Å². The Bertz CT molecular complexity index is 473. The van der Waals surface area contributed by atoms with Crippen molar-refractivity contribution in [2.75, 3.05) is 19.6 Å². The van der Waals surface area contributed by atoms with Gasteiger partial charge in [0.2, 0.25) is 0 Å². The summed E-state index contributed by atoms with van der Waals surface area (Å²) in [5.74, 6) is 0.0124. The quantitative estimate of drug-likeness (QED) is 0.921. The van der Waals surface area contributed by atoms with Crippen LogP contribution < -0.4 is 5.32 Å². The average molecular weight is 315 g/mol. The summed E-state index contributed by atoms with van der Waals surface area (Å²) in [7, 11) is 0. The Kier molecular flexibility index (Phi) is 5.70. The van der Waals surface area contributed by atoms with Gasteiger partial charge in [-0.15, -0.1) is 0 Å². The topological polar surface area (TPSA) is 32.3 Å². The summed E-state index contributed by atoms with van der Waals surface area (Å²) in [5.41, 5.74) is 0.594.